The van der Waals surface area contributed by atoms with Crippen molar-refractivity contribution in [1.29, 1.82) is 0 Å². The Kier molecular flexibility index (Phi) is 6.06. The van der Waals surface area contributed by atoms with Crippen molar-refractivity contribution in [3.63, 3.8) is 0 Å². The minimum atomic E-state index is 0.187. The summed E-state index contributed by atoms with van der Waals surface area (Å²) in [4.78, 5) is 13.0. The Morgan fingerprint density at radius 1 is 1.14 bits per heavy atom. The highest BCUT2D eigenvalue weighted by Gasteiger charge is 2.59. The number of fused-ring (bicyclic) bond motifs is 5. The van der Waals surface area contributed by atoms with Crippen molar-refractivity contribution in [2.45, 2.75) is 98.3 Å². The van der Waals surface area contributed by atoms with Crippen LogP contribution in [-0.2, 0) is 4.79 Å². The van der Waals surface area contributed by atoms with Gasteiger partial charge in [0.2, 0.25) is 0 Å². The molecule has 4 aliphatic rings. The van der Waals surface area contributed by atoms with E-state index in [1.807, 2.05) is 6.92 Å². The second-order valence-electron chi connectivity index (χ2n) is 11.8. The third-order valence-corrected chi connectivity index (χ3v) is 10.4. The number of Topliss-reactive ketones (excluding diaryl/α,β-unsaturated/α-hetero) is 1. The number of aliphatic hydroxyl groups excluding tert-OH is 1. The van der Waals surface area contributed by atoms with Crippen molar-refractivity contribution >= 4 is 5.78 Å². The molecule has 164 valence electrons. The molecular formula is C27H44O2. The van der Waals surface area contributed by atoms with E-state index in [0.717, 1.165) is 24.2 Å². The molecular weight excluding hydrogens is 356 g/mol. The summed E-state index contributed by atoms with van der Waals surface area (Å²) in [6.45, 7) is 9.61. The molecule has 0 aromatic rings. The largest absolute Gasteiger partial charge is 0.396 e. The van der Waals surface area contributed by atoms with E-state index < -0.39 is 0 Å². The number of allylic oxidation sites excluding steroid dienone is 2. The number of carbonyl (C=O) groups is 1. The molecule has 1 unspecified atom stereocenters. The standard InChI is InChI=1S/C27H44O2/c1-18(17-28)8-13-25(29)19(2)22-11-12-23-21-10-9-20-7-5-6-15-26(20,3)24(21)14-16-27(22,23)4/h9,18-19,21-24,28H,5-8,10-17H2,1-4H3/t18?,19-,21-,22+,23-,24-,26-,27+/m0/s1. The summed E-state index contributed by atoms with van der Waals surface area (Å²) in [6, 6.07) is 0. The van der Waals surface area contributed by atoms with Gasteiger partial charge in [-0.1, -0.05) is 45.8 Å². The van der Waals surface area contributed by atoms with Crippen LogP contribution >= 0.6 is 0 Å². The average molecular weight is 401 g/mol. The van der Waals surface area contributed by atoms with Crippen LogP contribution in [0.4, 0.5) is 0 Å². The van der Waals surface area contributed by atoms with E-state index in [1.54, 1.807) is 5.57 Å². The summed E-state index contributed by atoms with van der Waals surface area (Å²) in [7, 11) is 0. The van der Waals surface area contributed by atoms with Crippen molar-refractivity contribution in [1.82, 2.24) is 0 Å². The zero-order valence-corrected chi connectivity index (χ0v) is 19.4. The number of ketones is 1. The molecule has 0 spiro atoms. The molecule has 0 bridgehead atoms. The highest BCUT2D eigenvalue weighted by atomic mass is 16.3. The Bertz CT molecular complexity index is 651. The first kappa shape index (κ1) is 21.6. The molecule has 0 aliphatic heterocycles. The fraction of sp³-hybridized carbons (Fsp3) is 0.889. The molecule has 0 aromatic carbocycles. The lowest BCUT2D eigenvalue weighted by atomic mass is 9.47. The van der Waals surface area contributed by atoms with Crippen molar-refractivity contribution in [3.8, 4) is 0 Å². The van der Waals surface area contributed by atoms with Gasteiger partial charge >= 0.3 is 0 Å². The normalized spacial score (nSPS) is 43.6. The van der Waals surface area contributed by atoms with Gasteiger partial charge in [0.1, 0.15) is 5.78 Å². The maximum atomic E-state index is 13.0. The number of hydrogen-bond donors (Lipinski definition) is 1. The molecule has 4 rings (SSSR count). The van der Waals surface area contributed by atoms with E-state index in [2.05, 4.69) is 26.8 Å². The van der Waals surface area contributed by atoms with Crippen molar-refractivity contribution in [2.75, 3.05) is 6.61 Å². The topological polar surface area (TPSA) is 37.3 Å². The van der Waals surface area contributed by atoms with Gasteiger partial charge in [0, 0.05) is 18.9 Å². The fourth-order valence-electron chi connectivity index (χ4n) is 8.49. The van der Waals surface area contributed by atoms with Gasteiger partial charge < -0.3 is 5.11 Å². The highest BCUT2D eigenvalue weighted by molar-refractivity contribution is 5.81. The van der Waals surface area contributed by atoms with Gasteiger partial charge in [0.15, 0.2) is 0 Å². The van der Waals surface area contributed by atoms with Gasteiger partial charge in [-0.05, 0) is 98.2 Å². The summed E-state index contributed by atoms with van der Waals surface area (Å²) >= 11 is 0. The number of hydrogen-bond acceptors (Lipinski definition) is 2. The Labute approximate surface area is 178 Å². The molecule has 2 heteroatoms. The summed E-state index contributed by atoms with van der Waals surface area (Å²) in [5.41, 5.74) is 2.63. The van der Waals surface area contributed by atoms with Gasteiger partial charge in [0.05, 0.1) is 0 Å². The van der Waals surface area contributed by atoms with Gasteiger partial charge in [-0.3, -0.25) is 4.79 Å². The van der Waals surface area contributed by atoms with Gasteiger partial charge in [-0.25, -0.2) is 0 Å². The Balaban J connectivity index is 1.49. The monoisotopic (exact) mass is 400 g/mol. The second-order valence-corrected chi connectivity index (χ2v) is 11.8. The molecule has 0 aromatic heterocycles. The predicted molar refractivity (Wildman–Crippen MR) is 119 cm³/mol. The van der Waals surface area contributed by atoms with Crippen LogP contribution in [0, 0.1) is 46.3 Å². The number of carbonyl (C=O) groups excluding carboxylic acids is 1. The van der Waals surface area contributed by atoms with E-state index in [-0.39, 0.29) is 18.4 Å². The lowest BCUT2D eigenvalue weighted by Gasteiger charge is -2.58. The van der Waals surface area contributed by atoms with Gasteiger partial charge in [0.25, 0.3) is 0 Å². The van der Waals surface area contributed by atoms with Crippen molar-refractivity contribution in [3.05, 3.63) is 11.6 Å². The molecule has 4 aliphatic carbocycles. The third kappa shape index (κ3) is 3.56. The lowest BCUT2D eigenvalue weighted by molar-refractivity contribution is -0.127. The minimum Gasteiger partial charge on any atom is -0.396 e. The van der Waals surface area contributed by atoms with Gasteiger partial charge in [-0.15, -0.1) is 0 Å². The van der Waals surface area contributed by atoms with E-state index in [0.29, 0.717) is 29.0 Å². The first-order valence-electron chi connectivity index (χ1n) is 12.6. The predicted octanol–water partition coefficient (Wildman–Crippen LogP) is 6.57. The molecule has 0 amide bonds. The smallest absolute Gasteiger partial charge is 0.136 e. The molecule has 0 heterocycles. The maximum absolute atomic E-state index is 13.0. The van der Waals surface area contributed by atoms with Crippen LogP contribution < -0.4 is 0 Å². The minimum absolute atomic E-state index is 0.187. The average Bonchev–Trinajstić information content (AvgIpc) is 3.07. The van der Waals surface area contributed by atoms with E-state index in [4.69, 9.17) is 0 Å². The van der Waals surface area contributed by atoms with Crippen molar-refractivity contribution in [2.24, 2.45) is 46.3 Å². The summed E-state index contributed by atoms with van der Waals surface area (Å²) in [5, 5.41) is 9.29. The molecule has 29 heavy (non-hydrogen) atoms. The maximum Gasteiger partial charge on any atom is 0.136 e. The molecule has 1 N–H and O–H groups in total. The van der Waals surface area contributed by atoms with Crippen LogP contribution in [-0.4, -0.2) is 17.5 Å². The quantitative estimate of drug-likeness (QED) is 0.512. The lowest BCUT2D eigenvalue weighted by Crippen LogP contribution is -2.50. The van der Waals surface area contributed by atoms with E-state index >= 15 is 0 Å². The molecule has 8 atom stereocenters. The SMILES string of the molecule is CC(CO)CCC(=O)[C@@H](C)[C@H]1CC[C@H]2[C@@H]3CC=C4CCCC[C@]4(C)[C@H]3CC[C@]12C. The summed E-state index contributed by atoms with van der Waals surface area (Å²) < 4.78 is 0. The zero-order valence-electron chi connectivity index (χ0n) is 19.4. The molecule has 3 saturated carbocycles. The van der Waals surface area contributed by atoms with Crippen LogP contribution in [0.15, 0.2) is 11.6 Å². The van der Waals surface area contributed by atoms with Crippen LogP contribution in [0.3, 0.4) is 0 Å². The Hall–Kier alpha value is -0.630. The second kappa shape index (κ2) is 8.13. The summed E-state index contributed by atoms with van der Waals surface area (Å²) in [6.07, 6.45) is 16.3. The zero-order chi connectivity index (χ0) is 20.8. The van der Waals surface area contributed by atoms with Crippen molar-refractivity contribution < 1.29 is 9.90 Å². The number of rotatable bonds is 6. The molecule has 3 fully saturated rings. The highest BCUT2D eigenvalue weighted by Crippen LogP contribution is 2.67. The summed E-state index contributed by atoms with van der Waals surface area (Å²) in [5.74, 6) is 3.99. The third-order valence-electron chi connectivity index (χ3n) is 10.4. The van der Waals surface area contributed by atoms with E-state index in [1.165, 1.54) is 57.8 Å². The Morgan fingerprint density at radius 3 is 2.69 bits per heavy atom. The van der Waals surface area contributed by atoms with Crippen LogP contribution in [0.25, 0.3) is 0 Å². The van der Waals surface area contributed by atoms with Gasteiger partial charge in [-0.2, -0.15) is 0 Å². The molecule has 0 radical (unpaired) electrons. The van der Waals surface area contributed by atoms with Crippen LogP contribution in [0.1, 0.15) is 98.3 Å². The Morgan fingerprint density at radius 2 is 1.93 bits per heavy atom. The van der Waals surface area contributed by atoms with Crippen LogP contribution in [0.2, 0.25) is 0 Å². The molecule has 0 saturated heterocycles. The first-order valence-corrected chi connectivity index (χ1v) is 12.6. The fourth-order valence-corrected chi connectivity index (χ4v) is 8.49. The molecule has 2 nitrogen and oxygen atoms in total. The van der Waals surface area contributed by atoms with Crippen LogP contribution in [0.5, 0.6) is 0 Å². The number of aliphatic hydroxyl groups is 1. The van der Waals surface area contributed by atoms with E-state index in [9.17, 15) is 9.90 Å². The first-order chi connectivity index (χ1) is 13.8.